The molecule has 0 spiro atoms. The van der Waals surface area contributed by atoms with Crippen LogP contribution in [0.4, 0.5) is 0 Å². The van der Waals surface area contributed by atoms with Crippen molar-refractivity contribution in [2.75, 3.05) is 39.8 Å². The van der Waals surface area contributed by atoms with Gasteiger partial charge in [-0.25, -0.2) is 0 Å². The molecule has 1 fully saturated rings. The van der Waals surface area contributed by atoms with Crippen LogP contribution in [0.1, 0.15) is 5.69 Å². The predicted octanol–water partition coefficient (Wildman–Crippen LogP) is 1.13. The van der Waals surface area contributed by atoms with Crippen molar-refractivity contribution in [2.45, 2.75) is 6.54 Å². The fourth-order valence-corrected chi connectivity index (χ4v) is 2.31. The van der Waals surface area contributed by atoms with Gasteiger partial charge in [-0.2, -0.15) is 0 Å². The summed E-state index contributed by atoms with van der Waals surface area (Å²) in [5.74, 6) is 0.195. The van der Waals surface area contributed by atoms with E-state index in [4.69, 9.17) is 0 Å². The van der Waals surface area contributed by atoms with Crippen LogP contribution in [0.2, 0.25) is 0 Å². The highest BCUT2D eigenvalue weighted by Gasteiger charge is 2.17. The first-order chi connectivity index (χ1) is 9.15. The Kier molecular flexibility index (Phi) is 7.43. The zero-order valence-corrected chi connectivity index (χ0v) is 13.9. The van der Waals surface area contributed by atoms with Gasteiger partial charge in [-0.1, -0.05) is 0 Å². The third kappa shape index (κ3) is 5.36. The van der Waals surface area contributed by atoms with E-state index >= 15 is 0 Å². The Morgan fingerprint density at radius 3 is 2.75 bits per heavy atom. The molecule has 1 aliphatic heterocycles. The first kappa shape index (κ1) is 17.4. The lowest BCUT2D eigenvalue weighted by Gasteiger charge is -2.29. The lowest BCUT2D eigenvalue weighted by atomic mass is 10.3. The van der Waals surface area contributed by atoms with Gasteiger partial charge in [0.1, 0.15) is 0 Å². The van der Waals surface area contributed by atoms with Gasteiger partial charge < -0.3 is 10.2 Å². The van der Waals surface area contributed by atoms with Gasteiger partial charge >= 0.3 is 0 Å². The highest BCUT2D eigenvalue weighted by atomic mass is 79.9. The van der Waals surface area contributed by atoms with Crippen molar-refractivity contribution in [2.24, 2.45) is 0 Å². The van der Waals surface area contributed by atoms with Crippen molar-refractivity contribution in [3.8, 4) is 0 Å². The number of likely N-dealkylation sites (N-methyl/N-ethyl adjacent to an activating group) is 1. The molecule has 2 heterocycles. The summed E-state index contributed by atoms with van der Waals surface area (Å²) in [6.07, 6.45) is 1.78. The number of amides is 1. The zero-order valence-electron chi connectivity index (χ0n) is 11.5. The van der Waals surface area contributed by atoms with Crippen LogP contribution in [0.3, 0.4) is 0 Å². The van der Waals surface area contributed by atoms with Crippen molar-refractivity contribution in [1.29, 1.82) is 0 Å². The van der Waals surface area contributed by atoms with E-state index in [0.29, 0.717) is 13.1 Å². The number of nitrogens with zero attached hydrogens (tertiary/aromatic N) is 3. The van der Waals surface area contributed by atoms with Crippen LogP contribution >= 0.6 is 28.3 Å². The zero-order chi connectivity index (χ0) is 13.7. The van der Waals surface area contributed by atoms with Crippen LogP contribution in [0.25, 0.3) is 0 Å². The second-order valence-corrected chi connectivity index (χ2v) is 5.69. The third-order valence-electron chi connectivity index (χ3n) is 3.10. The Morgan fingerprint density at radius 2 is 2.15 bits per heavy atom. The number of pyridine rings is 1. The third-order valence-corrected chi connectivity index (χ3v) is 3.56. The van der Waals surface area contributed by atoms with Crippen LogP contribution in [-0.2, 0) is 11.3 Å². The summed E-state index contributed by atoms with van der Waals surface area (Å²) in [5, 5.41) is 3.25. The minimum Gasteiger partial charge on any atom is -0.339 e. The smallest absolute Gasteiger partial charge is 0.236 e. The molecule has 2 rings (SSSR count). The van der Waals surface area contributed by atoms with E-state index in [2.05, 4.69) is 26.2 Å². The lowest BCUT2D eigenvalue weighted by molar-refractivity contribution is -0.132. The molecule has 1 saturated heterocycles. The second kappa shape index (κ2) is 8.56. The molecule has 1 aromatic rings. The molecule has 7 heteroatoms. The number of hydrogen-bond donors (Lipinski definition) is 1. The molecule has 0 unspecified atom stereocenters. The van der Waals surface area contributed by atoms with Crippen LogP contribution in [-0.4, -0.2) is 60.5 Å². The summed E-state index contributed by atoms with van der Waals surface area (Å²) in [7, 11) is 1.95. The molecule has 1 aliphatic rings. The van der Waals surface area contributed by atoms with E-state index in [-0.39, 0.29) is 18.3 Å². The summed E-state index contributed by atoms with van der Waals surface area (Å²) in [6.45, 7) is 4.53. The van der Waals surface area contributed by atoms with Gasteiger partial charge in [-0.15, -0.1) is 12.4 Å². The van der Waals surface area contributed by atoms with E-state index in [1.54, 1.807) is 6.20 Å². The summed E-state index contributed by atoms with van der Waals surface area (Å²) < 4.78 is 0.968. The Balaban J connectivity index is 0.00000200. The number of piperazine rings is 1. The van der Waals surface area contributed by atoms with E-state index in [9.17, 15) is 4.79 Å². The van der Waals surface area contributed by atoms with Crippen LogP contribution in [0.5, 0.6) is 0 Å². The first-order valence-electron chi connectivity index (χ1n) is 6.42. The van der Waals surface area contributed by atoms with Gasteiger partial charge in [-0.3, -0.25) is 14.7 Å². The highest BCUT2D eigenvalue weighted by molar-refractivity contribution is 9.10. The topological polar surface area (TPSA) is 48.5 Å². The number of aromatic nitrogens is 1. The van der Waals surface area contributed by atoms with Gasteiger partial charge in [0.05, 0.1) is 12.2 Å². The molecular formula is C13H20BrClN4O. The number of carbonyl (C=O) groups is 1. The number of nitrogens with one attached hydrogen (secondary N) is 1. The number of hydrogen-bond acceptors (Lipinski definition) is 4. The van der Waals surface area contributed by atoms with Gasteiger partial charge in [-0.05, 0) is 35.1 Å². The number of carbonyl (C=O) groups excluding carboxylic acids is 1. The molecule has 20 heavy (non-hydrogen) atoms. The fraction of sp³-hybridized carbons (Fsp3) is 0.538. The van der Waals surface area contributed by atoms with Crippen LogP contribution in [0.15, 0.2) is 22.8 Å². The quantitative estimate of drug-likeness (QED) is 0.871. The highest BCUT2D eigenvalue weighted by Crippen LogP contribution is 2.08. The summed E-state index contributed by atoms with van der Waals surface area (Å²) in [4.78, 5) is 20.3. The molecular weight excluding hydrogens is 344 g/mol. The molecule has 0 aliphatic carbocycles. The van der Waals surface area contributed by atoms with E-state index in [1.165, 1.54) is 0 Å². The van der Waals surface area contributed by atoms with Gasteiger partial charge in [0.25, 0.3) is 0 Å². The SMILES string of the molecule is CN(CC(=O)N1CCNCC1)Cc1ccc(Br)cn1.Cl. The Labute approximate surface area is 134 Å². The van der Waals surface area contributed by atoms with Crippen molar-refractivity contribution in [3.05, 3.63) is 28.5 Å². The van der Waals surface area contributed by atoms with E-state index < -0.39 is 0 Å². The predicted molar refractivity (Wildman–Crippen MR) is 85.0 cm³/mol. The minimum absolute atomic E-state index is 0. The Hall–Kier alpha value is -0.690. The van der Waals surface area contributed by atoms with Crippen molar-refractivity contribution in [3.63, 3.8) is 0 Å². The standard InChI is InChI=1S/C13H19BrN4O.ClH/c1-17(9-12-3-2-11(14)8-16-12)10-13(19)18-6-4-15-5-7-18;/h2-3,8,15H,4-7,9-10H2,1H3;1H. The van der Waals surface area contributed by atoms with E-state index in [0.717, 1.165) is 36.3 Å². The molecule has 0 aromatic carbocycles. The molecule has 5 nitrogen and oxygen atoms in total. The lowest BCUT2D eigenvalue weighted by Crippen LogP contribution is -2.49. The molecule has 112 valence electrons. The number of halogens is 2. The molecule has 0 saturated carbocycles. The van der Waals surface area contributed by atoms with Gasteiger partial charge in [0, 0.05) is 43.4 Å². The first-order valence-corrected chi connectivity index (χ1v) is 7.22. The normalized spacial score (nSPS) is 15.1. The molecule has 1 aromatic heterocycles. The number of rotatable bonds is 4. The minimum atomic E-state index is 0. The summed E-state index contributed by atoms with van der Waals surface area (Å²) >= 11 is 3.36. The molecule has 0 radical (unpaired) electrons. The van der Waals surface area contributed by atoms with Crippen molar-refractivity contribution in [1.82, 2.24) is 20.1 Å². The van der Waals surface area contributed by atoms with Crippen LogP contribution in [0, 0.1) is 0 Å². The van der Waals surface area contributed by atoms with Crippen molar-refractivity contribution >= 4 is 34.2 Å². The van der Waals surface area contributed by atoms with Gasteiger partial charge in [0.15, 0.2) is 0 Å². The summed E-state index contributed by atoms with van der Waals surface area (Å²) in [6, 6.07) is 3.93. The molecule has 1 amide bonds. The van der Waals surface area contributed by atoms with E-state index in [1.807, 2.05) is 29.0 Å². The second-order valence-electron chi connectivity index (χ2n) is 4.77. The van der Waals surface area contributed by atoms with Crippen LogP contribution < -0.4 is 5.32 Å². The monoisotopic (exact) mass is 362 g/mol. The van der Waals surface area contributed by atoms with Gasteiger partial charge in [0.2, 0.25) is 5.91 Å². The fourth-order valence-electron chi connectivity index (χ4n) is 2.08. The summed E-state index contributed by atoms with van der Waals surface area (Å²) in [5.41, 5.74) is 0.971. The average molecular weight is 364 g/mol. The molecule has 1 N–H and O–H groups in total. The Morgan fingerprint density at radius 1 is 1.45 bits per heavy atom. The van der Waals surface area contributed by atoms with Crippen molar-refractivity contribution < 1.29 is 4.79 Å². The maximum atomic E-state index is 12.1. The maximum absolute atomic E-state index is 12.1. The largest absolute Gasteiger partial charge is 0.339 e. The Bertz CT molecular complexity index is 423. The molecule has 0 bridgehead atoms. The maximum Gasteiger partial charge on any atom is 0.236 e. The molecule has 0 atom stereocenters. The average Bonchev–Trinajstić information content (AvgIpc) is 2.42.